The fraction of sp³-hybridized carbons (Fsp3) is 0.450. The zero-order valence-corrected chi connectivity index (χ0v) is 14.8. The summed E-state index contributed by atoms with van der Waals surface area (Å²) in [5, 5.41) is 0. The molecule has 3 rings (SSSR count). The highest BCUT2D eigenvalue weighted by Gasteiger charge is 2.33. The maximum Gasteiger partial charge on any atom is 0.416 e. The number of piperidine rings is 1. The Morgan fingerprint density at radius 2 is 2.08 bits per heavy atom. The Bertz CT molecular complexity index is 766. The van der Waals surface area contributed by atoms with Gasteiger partial charge in [0.15, 0.2) is 0 Å². The van der Waals surface area contributed by atoms with Gasteiger partial charge in [0, 0.05) is 19.3 Å². The van der Waals surface area contributed by atoms with E-state index in [2.05, 4.69) is 4.98 Å². The van der Waals surface area contributed by atoms with E-state index in [0.29, 0.717) is 37.2 Å². The number of hydrogen-bond acceptors (Lipinski definition) is 1. The van der Waals surface area contributed by atoms with Gasteiger partial charge in [-0.3, -0.25) is 4.79 Å². The molecule has 1 aromatic heterocycles. The fourth-order valence-corrected chi connectivity index (χ4v) is 3.66. The number of alkyl halides is 3. The summed E-state index contributed by atoms with van der Waals surface area (Å²) in [4.78, 5) is 17.4. The zero-order valence-electron chi connectivity index (χ0n) is 14.8. The van der Waals surface area contributed by atoms with E-state index >= 15 is 0 Å². The van der Waals surface area contributed by atoms with Gasteiger partial charge in [-0.2, -0.15) is 13.2 Å². The summed E-state index contributed by atoms with van der Waals surface area (Å²) in [5.41, 5.74) is 1.37. The molecule has 3 nitrogen and oxygen atoms in total. The van der Waals surface area contributed by atoms with Crippen LogP contribution >= 0.6 is 0 Å². The number of hydrogen-bond donors (Lipinski definition) is 1. The van der Waals surface area contributed by atoms with Gasteiger partial charge in [-0.1, -0.05) is 18.2 Å². The second-order valence-electron chi connectivity index (χ2n) is 7.04. The third-order valence-corrected chi connectivity index (χ3v) is 5.01. The first-order chi connectivity index (χ1) is 12.3. The topological polar surface area (TPSA) is 36.1 Å². The zero-order chi connectivity index (χ0) is 18.7. The molecule has 6 heteroatoms. The normalized spacial score (nSPS) is 18.2. The van der Waals surface area contributed by atoms with Gasteiger partial charge in [0.05, 0.1) is 5.56 Å². The number of benzene rings is 1. The van der Waals surface area contributed by atoms with E-state index in [-0.39, 0.29) is 11.8 Å². The van der Waals surface area contributed by atoms with E-state index in [4.69, 9.17) is 0 Å². The van der Waals surface area contributed by atoms with Gasteiger partial charge in [0.1, 0.15) is 5.69 Å². The average molecular weight is 364 g/mol. The van der Waals surface area contributed by atoms with Crippen LogP contribution < -0.4 is 0 Å². The third-order valence-electron chi connectivity index (χ3n) is 5.01. The SMILES string of the molecule is Cc1c[nH]c(C(=O)N2CCCC(CCc3ccccc3C(F)(F)F)C2)c1. The molecular weight excluding hydrogens is 341 g/mol. The number of amides is 1. The van der Waals surface area contributed by atoms with Crippen molar-refractivity contribution in [3.63, 3.8) is 0 Å². The molecule has 0 saturated carbocycles. The summed E-state index contributed by atoms with van der Waals surface area (Å²) in [6, 6.07) is 7.59. The van der Waals surface area contributed by atoms with Crippen LogP contribution in [0.3, 0.4) is 0 Å². The quantitative estimate of drug-likeness (QED) is 0.829. The van der Waals surface area contributed by atoms with Gasteiger partial charge in [0.25, 0.3) is 5.91 Å². The van der Waals surface area contributed by atoms with Crippen LogP contribution in [0.15, 0.2) is 36.5 Å². The lowest BCUT2D eigenvalue weighted by molar-refractivity contribution is -0.138. The second-order valence-corrected chi connectivity index (χ2v) is 7.04. The maximum atomic E-state index is 13.1. The van der Waals surface area contributed by atoms with Gasteiger partial charge >= 0.3 is 6.18 Å². The summed E-state index contributed by atoms with van der Waals surface area (Å²) in [5.74, 6) is 0.198. The van der Waals surface area contributed by atoms with Crippen LogP contribution in [-0.4, -0.2) is 28.9 Å². The van der Waals surface area contributed by atoms with E-state index in [9.17, 15) is 18.0 Å². The van der Waals surface area contributed by atoms with E-state index in [0.717, 1.165) is 24.5 Å². The van der Waals surface area contributed by atoms with Crippen molar-refractivity contribution in [3.8, 4) is 0 Å². The molecule has 1 aromatic carbocycles. The summed E-state index contributed by atoms with van der Waals surface area (Å²) in [6.07, 6.45) is 0.336. The molecule has 1 amide bonds. The Morgan fingerprint density at radius 1 is 1.31 bits per heavy atom. The molecule has 26 heavy (non-hydrogen) atoms. The highest BCUT2D eigenvalue weighted by atomic mass is 19.4. The van der Waals surface area contributed by atoms with E-state index in [1.165, 1.54) is 6.07 Å². The number of likely N-dealkylation sites (tertiary alicyclic amines) is 1. The molecule has 0 bridgehead atoms. The Hall–Kier alpha value is -2.24. The minimum absolute atomic E-state index is 0.0292. The van der Waals surface area contributed by atoms with Gasteiger partial charge in [-0.05, 0) is 61.8 Å². The molecule has 2 aromatic rings. The lowest BCUT2D eigenvalue weighted by Crippen LogP contribution is -2.40. The number of aromatic nitrogens is 1. The van der Waals surface area contributed by atoms with Gasteiger partial charge in [-0.25, -0.2) is 0 Å². The summed E-state index contributed by atoms with van der Waals surface area (Å²) < 4.78 is 39.3. The molecule has 1 aliphatic heterocycles. The van der Waals surface area contributed by atoms with Crippen molar-refractivity contribution in [2.45, 2.75) is 38.8 Å². The van der Waals surface area contributed by atoms with Gasteiger partial charge in [0.2, 0.25) is 0 Å². The number of aromatic amines is 1. The number of halogens is 3. The first-order valence-corrected chi connectivity index (χ1v) is 8.94. The minimum Gasteiger partial charge on any atom is -0.357 e. The minimum atomic E-state index is -4.32. The van der Waals surface area contributed by atoms with Crippen LogP contribution in [0.25, 0.3) is 0 Å². The first kappa shape index (κ1) is 18.5. The van der Waals surface area contributed by atoms with Gasteiger partial charge < -0.3 is 9.88 Å². The molecule has 1 fully saturated rings. The Balaban J connectivity index is 1.62. The summed E-state index contributed by atoms with van der Waals surface area (Å²) in [6.45, 7) is 3.22. The van der Waals surface area contributed by atoms with Crippen molar-refractivity contribution in [2.24, 2.45) is 5.92 Å². The lowest BCUT2D eigenvalue weighted by Gasteiger charge is -2.32. The van der Waals surface area contributed by atoms with Crippen molar-refractivity contribution in [1.29, 1.82) is 0 Å². The molecule has 140 valence electrons. The van der Waals surface area contributed by atoms with Crippen molar-refractivity contribution < 1.29 is 18.0 Å². The first-order valence-electron chi connectivity index (χ1n) is 8.94. The van der Waals surface area contributed by atoms with Crippen molar-refractivity contribution >= 4 is 5.91 Å². The molecular formula is C20H23F3N2O. The van der Waals surface area contributed by atoms with Crippen LogP contribution in [-0.2, 0) is 12.6 Å². The Morgan fingerprint density at radius 3 is 2.77 bits per heavy atom. The fourth-order valence-electron chi connectivity index (χ4n) is 3.66. The number of rotatable bonds is 4. The number of aryl methyl sites for hydroxylation is 2. The van der Waals surface area contributed by atoms with Crippen LogP contribution in [0.2, 0.25) is 0 Å². The molecule has 0 spiro atoms. The smallest absolute Gasteiger partial charge is 0.357 e. The number of H-pyrrole nitrogens is 1. The Labute approximate surface area is 151 Å². The highest BCUT2D eigenvalue weighted by Crippen LogP contribution is 2.33. The van der Waals surface area contributed by atoms with Crippen LogP contribution in [0, 0.1) is 12.8 Å². The lowest BCUT2D eigenvalue weighted by atomic mass is 9.90. The van der Waals surface area contributed by atoms with Crippen LogP contribution in [0.5, 0.6) is 0 Å². The third kappa shape index (κ3) is 4.29. The molecule has 0 radical (unpaired) electrons. The van der Waals surface area contributed by atoms with Crippen molar-refractivity contribution in [2.75, 3.05) is 13.1 Å². The molecule has 1 atom stereocenters. The molecule has 1 aliphatic rings. The largest absolute Gasteiger partial charge is 0.416 e. The monoisotopic (exact) mass is 364 g/mol. The second kappa shape index (κ2) is 7.56. The average Bonchev–Trinajstić information content (AvgIpc) is 3.05. The molecule has 2 heterocycles. The van der Waals surface area contributed by atoms with Crippen LogP contribution in [0.1, 0.15) is 46.4 Å². The predicted molar refractivity (Wildman–Crippen MR) is 93.9 cm³/mol. The highest BCUT2D eigenvalue weighted by molar-refractivity contribution is 5.92. The van der Waals surface area contributed by atoms with Gasteiger partial charge in [-0.15, -0.1) is 0 Å². The standard InChI is InChI=1S/C20H23F3N2O/c1-14-11-18(24-12-14)19(26)25-10-4-5-15(13-25)8-9-16-6-2-3-7-17(16)20(21,22)23/h2-3,6-7,11-12,15,24H,4-5,8-10,13H2,1H3. The van der Waals surface area contributed by atoms with Crippen LogP contribution in [0.4, 0.5) is 13.2 Å². The molecule has 1 N–H and O–H groups in total. The number of nitrogens with one attached hydrogen (secondary N) is 1. The van der Waals surface area contributed by atoms with E-state index in [1.54, 1.807) is 18.3 Å². The number of carbonyl (C=O) groups excluding carboxylic acids is 1. The molecule has 1 saturated heterocycles. The maximum absolute atomic E-state index is 13.1. The Kier molecular flexibility index (Phi) is 5.39. The van der Waals surface area contributed by atoms with E-state index in [1.807, 2.05) is 17.9 Å². The molecule has 1 unspecified atom stereocenters. The predicted octanol–water partition coefficient (Wildman–Crippen LogP) is 4.83. The van der Waals surface area contributed by atoms with Crippen molar-refractivity contribution in [3.05, 3.63) is 58.9 Å². The number of carbonyl (C=O) groups is 1. The van der Waals surface area contributed by atoms with E-state index < -0.39 is 11.7 Å². The summed E-state index contributed by atoms with van der Waals surface area (Å²) >= 11 is 0. The molecule has 0 aliphatic carbocycles. The van der Waals surface area contributed by atoms with Crippen molar-refractivity contribution in [1.82, 2.24) is 9.88 Å². The summed E-state index contributed by atoms with van der Waals surface area (Å²) in [7, 11) is 0. The number of nitrogens with zero attached hydrogens (tertiary/aromatic N) is 1.